The zero-order valence-corrected chi connectivity index (χ0v) is 10.8. The van der Waals surface area contributed by atoms with Gasteiger partial charge in [0.2, 0.25) is 0 Å². The lowest BCUT2D eigenvalue weighted by molar-refractivity contribution is -0.143. The van der Waals surface area contributed by atoms with E-state index < -0.39 is 0 Å². The highest BCUT2D eigenvalue weighted by Crippen LogP contribution is 2.09. The molecule has 0 fully saturated rings. The van der Waals surface area contributed by atoms with Gasteiger partial charge in [0, 0.05) is 18.4 Å². The summed E-state index contributed by atoms with van der Waals surface area (Å²) in [5.41, 5.74) is 1.47. The molecule has 0 unspecified atom stereocenters. The Balaban J connectivity index is 2.26. The summed E-state index contributed by atoms with van der Waals surface area (Å²) in [4.78, 5) is 32.4. The monoisotopic (exact) mass is 262 g/mol. The van der Waals surface area contributed by atoms with Crippen molar-refractivity contribution in [2.75, 3.05) is 6.61 Å². The van der Waals surface area contributed by atoms with Gasteiger partial charge in [-0.25, -0.2) is 0 Å². The second-order valence-electron chi connectivity index (χ2n) is 4.20. The summed E-state index contributed by atoms with van der Waals surface area (Å²) >= 11 is 0. The molecule has 1 aromatic carbocycles. The number of aryl methyl sites for hydroxylation is 1. The fourth-order valence-electron chi connectivity index (χ4n) is 1.70. The highest BCUT2D eigenvalue weighted by molar-refractivity contribution is 5.77. The van der Waals surface area contributed by atoms with Crippen LogP contribution in [0.25, 0.3) is 0 Å². The molecule has 0 spiro atoms. The molecule has 0 heterocycles. The second kappa shape index (κ2) is 9.03. The number of benzene rings is 1. The van der Waals surface area contributed by atoms with Gasteiger partial charge in [-0.05, 0) is 24.8 Å². The predicted octanol–water partition coefficient (Wildman–Crippen LogP) is 2.34. The molecule has 0 N–H and O–H groups in total. The highest BCUT2D eigenvalue weighted by atomic mass is 16.5. The number of hydrogen-bond acceptors (Lipinski definition) is 4. The summed E-state index contributed by atoms with van der Waals surface area (Å²) in [6, 6.07) is 7.19. The van der Waals surface area contributed by atoms with E-state index in [2.05, 4.69) is 0 Å². The van der Waals surface area contributed by atoms with E-state index >= 15 is 0 Å². The van der Waals surface area contributed by atoms with Crippen LogP contribution in [0.1, 0.15) is 41.6 Å². The van der Waals surface area contributed by atoms with E-state index in [0.717, 1.165) is 24.6 Å². The van der Waals surface area contributed by atoms with Gasteiger partial charge in [-0.2, -0.15) is 0 Å². The number of carbonyl (C=O) groups is 3. The molecule has 0 radical (unpaired) electrons. The highest BCUT2D eigenvalue weighted by Gasteiger charge is 2.06. The molecule has 0 bridgehead atoms. The Morgan fingerprint density at radius 3 is 2.68 bits per heavy atom. The molecular formula is C15H18O4. The quantitative estimate of drug-likeness (QED) is 0.389. The number of esters is 1. The van der Waals surface area contributed by atoms with Crippen LogP contribution in [0.15, 0.2) is 24.3 Å². The largest absolute Gasteiger partial charge is 0.466 e. The number of hydrogen-bond donors (Lipinski definition) is 0. The van der Waals surface area contributed by atoms with E-state index in [-0.39, 0.29) is 12.4 Å². The SMILES string of the molecule is O=CCCCCOC(=O)CCc1ccccc1C=O. The van der Waals surface area contributed by atoms with Crippen molar-refractivity contribution in [3.63, 3.8) is 0 Å². The zero-order valence-electron chi connectivity index (χ0n) is 10.8. The van der Waals surface area contributed by atoms with Gasteiger partial charge in [-0.3, -0.25) is 9.59 Å². The number of unbranched alkanes of at least 4 members (excludes halogenated alkanes) is 2. The summed E-state index contributed by atoms with van der Waals surface area (Å²) in [6.07, 6.45) is 4.36. The van der Waals surface area contributed by atoms with Gasteiger partial charge < -0.3 is 9.53 Å². The maximum Gasteiger partial charge on any atom is 0.306 e. The molecule has 0 saturated carbocycles. The van der Waals surface area contributed by atoms with E-state index in [9.17, 15) is 14.4 Å². The molecule has 0 aliphatic heterocycles. The van der Waals surface area contributed by atoms with Crippen LogP contribution in [-0.2, 0) is 20.7 Å². The smallest absolute Gasteiger partial charge is 0.306 e. The van der Waals surface area contributed by atoms with Crippen LogP contribution in [0.3, 0.4) is 0 Å². The number of rotatable bonds is 9. The van der Waals surface area contributed by atoms with E-state index in [4.69, 9.17) is 4.74 Å². The normalized spacial score (nSPS) is 9.89. The third kappa shape index (κ3) is 5.95. The van der Waals surface area contributed by atoms with Crippen molar-refractivity contribution in [1.82, 2.24) is 0 Å². The van der Waals surface area contributed by atoms with Crippen LogP contribution in [0.2, 0.25) is 0 Å². The lowest BCUT2D eigenvalue weighted by Gasteiger charge is -2.05. The van der Waals surface area contributed by atoms with Crippen molar-refractivity contribution in [2.45, 2.75) is 32.1 Å². The molecule has 0 amide bonds. The number of carbonyl (C=O) groups excluding carboxylic acids is 3. The van der Waals surface area contributed by atoms with Crippen molar-refractivity contribution in [3.05, 3.63) is 35.4 Å². The van der Waals surface area contributed by atoms with E-state index in [1.54, 1.807) is 12.1 Å². The first kappa shape index (κ1) is 15.1. The van der Waals surface area contributed by atoms with E-state index in [1.807, 2.05) is 12.1 Å². The second-order valence-corrected chi connectivity index (χ2v) is 4.20. The summed E-state index contributed by atoms with van der Waals surface area (Å²) in [5, 5.41) is 0. The fraction of sp³-hybridized carbons (Fsp3) is 0.400. The Morgan fingerprint density at radius 2 is 1.95 bits per heavy atom. The van der Waals surface area contributed by atoms with Crippen molar-refractivity contribution in [3.8, 4) is 0 Å². The molecule has 0 atom stereocenters. The molecule has 0 aliphatic rings. The standard InChI is InChI=1S/C15H18O4/c16-10-4-1-5-11-19-15(18)9-8-13-6-2-3-7-14(13)12-17/h2-3,6-7,10,12H,1,4-5,8-9,11H2. The van der Waals surface area contributed by atoms with Crippen LogP contribution in [-0.4, -0.2) is 25.1 Å². The number of ether oxygens (including phenoxy) is 1. The molecule has 1 rings (SSSR count). The Kier molecular flexibility index (Phi) is 7.17. The minimum atomic E-state index is -0.271. The summed E-state index contributed by atoms with van der Waals surface area (Å²) < 4.78 is 5.04. The van der Waals surface area contributed by atoms with Gasteiger partial charge in [0.15, 0.2) is 0 Å². The first-order valence-electron chi connectivity index (χ1n) is 6.40. The molecular weight excluding hydrogens is 244 g/mol. The van der Waals surface area contributed by atoms with Gasteiger partial charge in [0.05, 0.1) is 6.61 Å². The van der Waals surface area contributed by atoms with Crippen molar-refractivity contribution in [2.24, 2.45) is 0 Å². The maximum atomic E-state index is 11.5. The third-order valence-electron chi connectivity index (χ3n) is 2.76. The predicted molar refractivity (Wildman–Crippen MR) is 71.0 cm³/mol. The molecule has 19 heavy (non-hydrogen) atoms. The van der Waals surface area contributed by atoms with Gasteiger partial charge in [-0.15, -0.1) is 0 Å². The zero-order chi connectivity index (χ0) is 13.9. The van der Waals surface area contributed by atoms with Crippen LogP contribution in [0.5, 0.6) is 0 Å². The van der Waals surface area contributed by atoms with Crippen molar-refractivity contribution >= 4 is 18.5 Å². The van der Waals surface area contributed by atoms with E-state index in [1.165, 1.54) is 0 Å². The minimum Gasteiger partial charge on any atom is -0.466 e. The van der Waals surface area contributed by atoms with E-state index in [0.29, 0.717) is 31.4 Å². The lowest BCUT2D eigenvalue weighted by atomic mass is 10.0. The maximum absolute atomic E-state index is 11.5. The Morgan fingerprint density at radius 1 is 1.16 bits per heavy atom. The Bertz CT molecular complexity index is 426. The van der Waals surface area contributed by atoms with Crippen LogP contribution < -0.4 is 0 Å². The Labute approximate surface area is 112 Å². The summed E-state index contributed by atoms with van der Waals surface area (Å²) in [7, 11) is 0. The molecule has 0 saturated heterocycles. The summed E-state index contributed by atoms with van der Waals surface area (Å²) in [6.45, 7) is 0.349. The van der Waals surface area contributed by atoms with Crippen molar-refractivity contribution < 1.29 is 19.1 Å². The molecule has 0 aliphatic carbocycles. The van der Waals surface area contributed by atoms with Gasteiger partial charge in [0.25, 0.3) is 0 Å². The number of aldehydes is 2. The van der Waals surface area contributed by atoms with Crippen LogP contribution in [0.4, 0.5) is 0 Å². The minimum absolute atomic E-state index is 0.262. The lowest BCUT2D eigenvalue weighted by Crippen LogP contribution is -2.07. The fourth-order valence-corrected chi connectivity index (χ4v) is 1.70. The molecule has 4 nitrogen and oxygen atoms in total. The van der Waals surface area contributed by atoms with Crippen LogP contribution >= 0.6 is 0 Å². The average Bonchev–Trinajstić information content (AvgIpc) is 2.45. The third-order valence-corrected chi connectivity index (χ3v) is 2.76. The van der Waals surface area contributed by atoms with Gasteiger partial charge in [0.1, 0.15) is 12.6 Å². The average molecular weight is 262 g/mol. The van der Waals surface area contributed by atoms with Gasteiger partial charge >= 0.3 is 5.97 Å². The topological polar surface area (TPSA) is 60.4 Å². The molecule has 0 aromatic heterocycles. The molecule has 1 aromatic rings. The molecule has 4 heteroatoms. The first-order chi connectivity index (χ1) is 9.27. The summed E-state index contributed by atoms with van der Waals surface area (Å²) in [5.74, 6) is -0.271. The van der Waals surface area contributed by atoms with Crippen LogP contribution in [0, 0.1) is 0 Å². The van der Waals surface area contributed by atoms with Gasteiger partial charge in [-0.1, -0.05) is 24.3 Å². The Hall–Kier alpha value is -1.97. The molecule has 102 valence electrons. The first-order valence-corrected chi connectivity index (χ1v) is 6.40. The van der Waals surface area contributed by atoms with Crippen molar-refractivity contribution in [1.29, 1.82) is 0 Å².